The maximum atomic E-state index is 11.1. The highest BCUT2D eigenvalue weighted by molar-refractivity contribution is 5.29. The van der Waals surface area contributed by atoms with Crippen molar-refractivity contribution in [2.24, 2.45) is 52.3 Å². The van der Waals surface area contributed by atoms with Crippen molar-refractivity contribution in [3.05, 3.63) is 23.5 Å². The molecular formula is C29H48O3. The van der Waals surface area contributed by atoms with E-state index in [4.69, 9.17) is 0 Å². The Morgan fingerprint density at radius 2 is 1.69 bits per heavy atom. The highest BCUT2D eigenvalue weighted by Crippen LogP contribution is 2.68. The quantitative estimate of drug-likeness (QED) is 0.316. The highest BCUT2D eigenvalue weighted by Gasteiger charge is 2.61. The normalized spacial score (nSPS) is 43.2. The fraction of sp³-hybridized carbons (Fsp3) is 0.862. The number of aliphatic hydroxyl groups excluding tert-OH is 1. The van der Waals surface area contributed by atoms with Crippen LogP contribution in [-0.4, -0.2) is 21.1 Å². The van der Waals surface area contributed by atoms with Crippen LogP contribution in [0.5, 0.6) is 0 Å². The topological polar surface area (TPSA) is 60.7 Å². The zero-order chi connectivity index (χ0) is 23.5. The number of rotatable bonds is 5. The van der Waals surface area contributed by atoms with E-state index < -0.39 is 5.79 Å². The summed E-state index contributed by atoms with van der Waals surface area (Å²) in [5.74, 6) is 3.30. The van der Waals surface area contributed by atoms with E-state index in [2.05, 4.69) is 53.7 Å². The second-order valence-corrected chi connectivity index (χ2v) is 12.9. The Labute approximate surface area is 196 Å². The van der Waals surface area contributed by atoms with Gasteiger partial charge < -0.3 is 15.3 Å². The van der Waals surface area contributed by atoms with Gasteiger partial charge in [0.25, 0.3) is 0 Å². The molecule has 0 aromatic carbocycles. The molecule has 3 saturated carbocycles. The number of hydrogen-bond donors (Lipinski definition) is 3. The number of hydrogen-bond acceptors (Lipinski definition) is 3. The number of allylic oxidation sites excluding steroid dienone is 3. The van der Waals surface area contributed by atoms with Gasteiger partial charge in [-0.3, -0.25) is 0 Å². The summed E-state index contributed by atoms with van der Waals surface area (Å²) in [4.78, 5) is 0. The molecule has 3 fully saturated rings. The maximum Gasteiger partial charge on any atom is 0.166 e. The summed E-state index contributed by atoms with van der Waals surface area (Å²) in [6.45, 7) is 14.3. The molecule has 0 amide bonds. The third-order valence-corrected chi connectivity index (χ3v) is 10.9. The zero-order valence-corrected chi connectivity index (χ0v) is 21.4. The van der Waals surface area contributed by atoms with Crippen molar-refractivity contribution in [2.75, 3.05) is 0 Å². The molecule has 0 aliphatic heterocycles. The molecule has 4 aliphatic carbocycles. The monoisotopic (exact) mass is 444 g/mol. The van der Waals surface area contributed by atoms with Gasteiger partial charge in [-0.15, -0.1) is 0 Å². The largest absolute Gasteiger partial charge is 0.512 e. The third-order valence-electron chi connectivity index (χ3n) is 10.9. The molecule has 4 aliphatic rings. The van der Waals surface area contributed by atoms with Gasteiger partial charge in [-0.2, -0.15) is 0 Å². The van der Waals surface area contributed by atoms with Crippen LogP contribution in [0.3, 0.4) is 0 Å². The predicted molar refractivity (Wildman–Crippen MR) is 131 cm³/mol. The second-order valence-electron chi connectivity index (χ2n) is 12.9. The first-order valence-electron chi connectivity index (χ1n) is 13.5. The van der Waals surface area contributed by atoms with Crippen LogP contribution >= 0.6 is 0 Å². The first-order valence-corrected chi connectivity index (χ1v) is 13.5. The van der Waals surface area contributed by atoms with Crippen LogP contribution in [0.15, 0.2) is 23.5 Å². The summed E-state index contributed by atoms with van der Waals surface area (Å²) in [5.41, 5.74) is 1.23. The standard InChI is InChI=1S/C29H48O3/c1-7-20(18(2)3)9-8-19(4)22-10-11-23-21-16-26(30)25-17-29(31,32)15-14-28(25,6)24(21)12-13-27(22,23)5/h8-9,18-24,30-32H,7,10-17H2,1-6H3/b9-8+/t19-,20+,21+,22-,23+,24+,27-,28-/m1/s1. The van der Waals surface area contributed by atoms with E-state index in [0.29, 0.717) is 53.1 Å². The minimum absolute atomic E-state index is 0.0709. The Bertz CT molecular complexity index is 764. The smallest absolute Gasteiger partial charge is 0.166 e. The summed E-state index contributed by atoms with van der Waals surface area (Å²) >= 11 is 0. The summed E-state index contributed by atoms with van der Waals surface area (Å²) in [5, 5.41) is 31.6. The van der Waals surface area contributed by atoms with Crippen LogP contribution in [0.25, 0.3) is 0 Å². The fourth-order valence-electron chi connectivity index (χ4n) is 8.92. The van der Waals surface area contributed by atoms with Crippen LogP contribution in [0.4, 0.5) is 0 Å². The predicted octanol–water partition coefficient (Wildman–Crippen LogP) is 7.01. The molecule has 0 spiro atoms. The van der Waals surface area contributed by atoms with Crippen LogP contribution in [0.1, 0.15) is 99.3 Å². The molecule has 0 aromatic rings. The van der Waals surface area contributed by atoms with Gasteiger partial charge >= 0.3 is 0 Å². The van der Waals surface area contributed by atoms with E-state index in [1.807, 2.05) is 0 Å². The van der Waals surface area contributed by atoms with Crippen molar-refractivity contribution in [3.8, 4) is 0 Å². The summed E-state index contributed by atoms with van der Waals surface area (Å²) in [6.07, 6.45) is 13.5. The van der Waals surface area contributed by atoms with Crippen molar-refractivity contribution in [1.29, 1.82) is 0 Å². The molecule has 3 nitrogen and oxygen atoms in total. The lowest BCUT2D eigenvalue weighted by atomic mass is 9.46. The van der Waals surface area contributed by atoms with Crippen molar-refractivity contribution < 1.29 is 15.3 Å². The summed E-state index contributed by atoms with van der Waals surface area (Å²) in [7, 11) is 0. The number of aliphatic hydroxyl groups is 3. The Balaban J connectivity index is 1.56. The first kappa shape index (κ1) is 24.3. The number of fused-ring (bicyclic) bond motifs is 5. The van der Waals surface area contributed by atoms with Crippen LogP contribution in [-0.2, 0) is 0 Å². The first-order chi connectivity index (χ1) is 14.9. The minimum atomic E-state index is -1.65. The maximum absolute atomic E-state index is 11.1. The molecule has 182 valence electrons. The van der Waals surface area contributed by atoms with Gasteiger partial charge in [0.15, 0.2) is 5.79 Å². The van der Waals surface area contributed by atoms with E-state index in [9.17, 15) is 15.3 Å². The molecule has 0 unspecified atom stereocenters. The van der Waals surface area contributed by atoms with Gasteiger partial charge in [-0.1, -0.05) is 53.7 Å². The SMILES string of the molecule is CC[C@@H](/C=C/[C@@H](C)[C@H]1CC[C@H]2[C@@H]3CC(O)=C4CC(O)(O)CC[C@]4(C)[C@H]3CC[C@]12C)C(C)C. The molecule has 8 atom stereocenters. The average molecular weight is 445 g/mol. The minimum Gasteiger partial charge on any atom is -0.512 e. The zero-order valence-electron chi connectivity index (χ0n) is 21.4. The van der Waals surface area contributed by atoms with Crippen molar-refractivity contribution >= 4 is 0 Å². The Morgan fingerprint density at radius 1 is 0.969 bits per heavy atom. The van der Waals surface area contributed by atoms with Crippen LogP contribution < -0.4 is 0 Å². The molecule has 0 heterocycles. The molecule has 0 radical (unpaired) electrons. The molecule has 0 bridgehead atoms. The van der Waals surface area contributed by atoms with Crippen LogP contribution in [0.2, 0.25) is 0 Å². The molecule has 0 aromatic heterocycles. The molecular weight excluding hydrogens is 396 g/mol. The molecule has 3 heteroatoms. The van der Waals surface area contributed by atoms with Gasteiger partial charge in [-0.25, -0.2) is 0 Å². The third kappa shape index (κ3) is 3.90. The molecule has 4 rings (SSSR count). The van der Waals surface area contributed by atoms with E-state index in [1.54, 1.807) is 0 Å². The molecule has 0 saturated heterocycles. The van der Waals surface area contributed by atoms with Gasteiger partial charge in [0.1, 0.15) is 0 Å². The van der Waals surface area contributed by atoms with Crippen molar-refractivity contribution in [3.63, 3.8) is 0 Å². The fourth-order valence-corrected chi connectivity index (χ4v) is 8.92. The van der Waals surface area contributed by atoms with Crippen LogP contribution in [0, 0.1) is 52.3 Å². The van der Waals surface area contributed by atoms with E-state index in [0.717, 1.165) is 24.3 Å². The Hall–Kier alpha value is -0.800. The lowest BCUT2D eigenvalue weighted by molar-refractivity contribution is -0.190. The van der Waals surface area contributed by atoms with E-state index >= 15 is 0 Å². The van der Waals surface area contributed by atoms with Gasteiger partial charge in [0.2, 0.25) is 0 Å². The second kappa shape index (κ2) is 8.45. The molecule has 32 heavy (non-hydrogen) atoms. The van der Waals surface area contributed by atoms with E-state index in [1.165, 1.54) is 32.1 Å². The Kier molecular flexibility index (Phi) is 6.42. The lowest BCUT2D eigenvalue weighted by Gasteiger charge is -2.59. The summed E-state index contributed by atoms with van der Waals surface area (Å²) < 4.78 is 0. The lowest BCUT2D eigenvalue weighted by Crippen LogP contribution is -2.53. The van der Waals surface area contributed by atoms with Gasteiger partial charge in [-0.05, 0) is 96.4 Å². The van der Waals surface area contributed by atoms with Gasteiger partial charge in [0, 0.05) is 19.3 Å². The average Bonchev–Trinajstić information content (AvgIpc) is 3.07. The van der Waals surface area contributed by atoms with E-state index in [-0.39, 0.29) is 11.8 Å². The molecule has 3 N–H and O–H groups in total. The van der Waals surface area contributed by atoms with Crippen molar-refractivity contribution in [2.45, 2.75) is 105 Å². The van der Waals surface area contributed by atoms with Gasteiger partial charge in [0.05, 0.1) is 5.76 Å². The highest BCUT2D eigenvalue weighted by atomic mass is 16.5. The Morgan fingerprint density at radius 3 is 2.34 bits per heavy atom. The summed E-state index contributed by atoms with van der Waals surface area (Å²) in [6, 6.07) is 0. The van der Waals surface area contributed by atoms with Crippen molar-refractivity contribution in [1.82, 2.24) is 0 Å².